The van der Waals surface area contributed by atoms with Crippen LogP contribution < -0.4 is 5.73 Å². The molecule has 1 amide bonds. The quantitative estimate of drug-likeness (QED) is 0.466. The minimum absolute atomic E-state index is 0.0913. The van der Waals surface area contributed by atoms with Crippen molar-refractivity contribution in [3.8, 4) is 0 Å². The number of benzene rings is 1. The van der Waals surface area contributed by atoms with Crippen LogP contribution in [0, 0.1) is 5.92 Å². The van der Waals surface area contributed by atoms with Crippen LogP contribution in [-0.4, -0.2) is 45.0 Å². The van der Waals surface area contributed by atoms with Crippen LogP contribution in [0.25, 0.3) is 0 Å². The van der Waals surface area contributed by atoms with Gasteiger partial charge in [-0.1, -0.05) is 0 Å². The van der Waals surface area contributed by atoms with E-state index in [0.717, 1.165) is 0 Å². The molecule has 1 aliphatic rings. The summed E-state index contributed by atoms with van der Waals surface area (Å²) in [5.74, 6) is -1.19. The molecule has 0 aromatic heterocycles. The van der Waals surface area contributed by atoms with Crippen molar-refractivity contribution >= 4 is 28.8 Å². The third-order valence-electron chi connectivity index (χ3n) is 4.07. The Balaban J connectivity index is 2.53. The first-order valence-electron chi connectivity index (χ1n) is 8.13. The lowest BCUT2D eigenvalue weighted by Crippen LogP contribution is -2.38. The van der Waals surface area contributed by atoms with E-state index in [9.17, 15) is 18.4 Å². The van der Waals surface area contributed by atoms with Crippen molar-refractivity contribution in [2.45, 2.75) is 43.7 Å². The number of likely N-dealkylation sites (tertiary alicyclic amines) is 1. The third kappa shape index (κ3) is 4.34. The van der Waals surface area contributed by atoms with E-state index in [4.69, 9.17) is 15.2 Å². The zero-order valence-electron chi connectivity index (χ0n) is 15.2. The molecule has 0 radical (unpaired) electrons. The Kier molecular flexibility index (Phi) is 5.92. The van der Waals surface area contributed by atoms with Crippen molar-refractivity contribution in [2.24, 2.45) is 5.92 Å². The molecule has 3 atom stereocenters. The monoisotopic (exact) mass is 384 g/mol. The first kappa shape index (κ1) is 20.2. The average Bonchev–Trinajstić information content (AvgIpc) is 2.97. The number of amides is 1. The molecule has 3 unspecified atom stereocenters. The Morgan fingerprint density at radius 2 is 2.00 bits per heavy atom. The van der Waals surface area contributed by atoms with Crippen LogP contribution in [0.2, 0.25) is 0 Å². The van der Waals surface area contributed by atoms with Crippen molar-refractivity contribution < 1.29 is 27.8 Å². The number of ether oxygens (including phenoxy) is 2. The van der Waals surface area contributed by atoms with Gasteiger partial charge in [-0.2, -0.15) is 0 Å². The number of methoxy groups -OCH3 is 1. The highest BCUT2D eigenvalue weighted by Crippen LogP contribution is 2.41. The summed E-state index contributed by atoms with van der Waals surface area (Å²) in [5, 5.41) is 0. The van der Waals surface area contributed by atoms with Gasteiger partial charge < -0.3 is 24.7 Å². The predicted octanol–water partition coefficient (Wildman–Crippen LogP) is 2.32. The largest absolute Gasteiger partial charge is 0.469 e. The Morgan fingerprint density at radius 3 is 2.54 bits per heavy atom. The molecule has 1 fully saturated rings. The van der Waals surface area contributed by atoms with Gasteiger partial charge in [0.2, 0.25) is 0 Å². The highest BCUT2D eigenvalue weighted by atomic mass is 32.2. The van der Waals surface area contributed by atoms with Gasteiger partial charge in [-0.05, 0) is 51.0 Å². The van der Waals surface area contributed by atoms with E-state index in [0.29, 0.717) is 17.7 Å². The molecule has 0 saturated carbocycles. The standard InChI is InChI=1S/C17H24N2O6S/c1-17(2,3)25-16(21)19-8-7-11(15(20)24-4)14(19)12-9-10(18)5-6-13(12)26(22)23/h5-6,9,11,14H,7-8,18H2,1-4H3,(H,22,23). The molecule has 8 nitrogen and oxygen atoms in total. The zero-order valence-corrected chi connectivity index (χ0v) is 16.0. The maximum Gasteiger partial charge on any atom is 0.410 e. The second kappa shape index (κ2) is 7.63. The molecule has 1 heterocycles. The molecule has 1 aromatic carbocycles. The fourth-order valence-electron chi connectivity index (χ4n) is 3.06. The summed E-state index contributed by atoms with van der Waals surface area (Å²) in [4.78, 5) is 26.4. The Hall–Kier alpha value is -2.13. The average molecular weight is 384 g/mol. The van der Waals surface area contributed by atoms with Gasteiger partial charge in [-0.25, -0.2) is 9.00 Å². The Labute approximate surface area is 154 Å². The fourth-order valence-corrected chi connectivity index (χ4v) is 3.62. The molecule has 1 aromatic rings. The van der Waals surface area contributed by atoms with Crippen molar-refractivity contribution in [2.75, 3.05) is 19.4 Å². The molecular weight excluding hydrogens is 360 g/mol. The molecule has 0 aliphatic carbocycles. The predicted molar refractivity (Wildman–Crippen MR) is 95.7 cm³/mol. The molecule has 26 heavy (non-hydrogen) atoms. The van der Waals surface area contributed by atoms with Crippen LogP contribution in [0.3, 0.4) is 0 Å². The summed E-state index contributed by atoms with van der Waals surface area (Å²) in [7, 11) is 1.26. The third-order valence-corrected chi connectivity index (χ3v) is 4.82. The summed E-state index contributed by atoms with van der Waals surface area (Å²) in [6.45, 7) is 5.47. The van der Waals surface area contributed by atoms with Crippen molar-refractivity contribution in [1.29, 1.82) is 0 Å². The number of carbonyl (C=O) groups excluding carboxylic acids is 2. The smallest absolute Gasteiger partial charge is 0.410 e. The van der Waals surface area contributed by atoms with Crippen LogP contribution >= 0.6 is 0 Å². The normalized spacial score (nSPS) is 21.3. The second-order valence-corrected chi connectivity index (χ2v) is 8.02. The Morgan fingerprint density at radius 1 is 1.35 bits per heavy atom. The minimum atomic E-state index is -2.31. The van der Waals surface area contributed by atoms with E-state index in [1.807, 2.05) is 0 Å². The number of esters is 1. The maximum absolute atomic E-state index is 12.6. The first-order valence-corrected chi connectivity index (χ1v) is 9.23. The van der Waals surface area contributed by atoms with E-state index in [1.54, 1.807) is 20.8 Å². The SMILES string of the molecule is COC(=O)C1CCN(C(=O)OC(C)(C)C)C1c1cc(N)ccc1S(=O)O. The summed E-state index contributed by atoms with van der Waals surface area (Å²) in [6, 6.07) is 3.62. The van der Waals surface area contributed by atoms with Gasteiger partial charge >= 0.3 is 12.1 Å². The molecule has 1 saturated heterocycles. The number of hydrogen-bond acceptors (Lipinski definition) is 6. The number of carbonyl (C=O) groups is 2. The molecule has 9 heteroatoms. The molecule has 0 bridgehead atoms. The number of nitrogens with two attached hydrogens (primary N) is 1. The molecular formula is C17H24N2O6S. The summed E-state index contributed by atoms with van der Waals surface area (Å²) in [6.07, 6.45) is -0.255. The topological polar surface area (TPSA) is 119 Å². The highest BCUT2D eigenvalue weighted by molar-refractivity contribution is 7.79. The van der Waals surface area contributed by atoms with Gasteiger partial charge in [-0.3, -0.25) is 4.79 Å². The fraction of sp³-hybridized carbons (Fsp3) is 0.529. The van der Waals surface area contributed by atoms with E-state index in [-0.39, 0.29) is 11.4 Å². The van der Waals surface area contributed by atoms with E-state index in [1.165, 1.54) is 30.2 Å². The van der Waals surface area contributed by atoms with Gasteiger partial charge in [0.05, 0.1) is 24.0 Å². The minimum Gasteiger partial charge on any atom is -0.469 e. The van der Waals surface area contributed by atoms with Gasteiger partial charge in [0.15, 0.2) is 11.1 Å². The van der Waals surface area contributed by atoms with Crippen LogP contribution in [0.4, 0.5) is 10.5 Å². The zero-order chi connectivity index (χ0) is 19.6. The summed E-state index contributed by atoms with van der Waals surface area (Å²) >= 11 is -2.31. The second-order valence-electron chi connectivity index (χ2n) is 7.08. The van der Waals surface area contributed by atoms with Crippen LogP contribution in [0.5, 0.6) is 0 Å². The molecule has 3 N–H and O–H groups in total. The van der Waals surface area contributed by atoms with Gasteiger partial charge in [-0.15, -0.1) is 0 Å². The molecule has 1 aliphatic heterocycles. The van der Waals surface area contributed by atoms with Crippen molar-refractivity contribution in [3.63, 3.8) is 0 Å². The number of rotatable bonds is 3. The van der Waals surface area contributed by atoms with Crippen molar-refractivity contribution in [3.05, 3.63) is 23.8 Å². The van der Waals surface area contributed by atoms with E-state index < -0.39 is 40.7 Å². The number of anilines is 1. The number of nitrogens with zero attached hydrogens (tertiary/aromatic N) is 1. The number of hydrogen-bond donors (Lipinski definition) is 2. The molecule has 2 rings (SSSR count). The number of nitrogen functional groups attached to an aromatic ring is 1. The van der Waals surface area contributed by atoms with Gasteiger partial charge in [0.1, 0.15) is 5.60 Å². The highest BCUT2D eigenvalue weighted by Gasteiger charge is 2.45. The van der Waals surface area contributed by atoms with Crippen molar-refractivity contribution in [1.82, 2.24) is 4.90 Å². The Bertz CT molecular complexity index is 730. The van der Waals surface area contributed by atoms with E-state index in [2.05, 4.69) is 0 Å². The summed E-state index contributed by atoms with van der Waals surface area (Å²) in [5.41, 5.74) is 5.82. The lowest BCUT2D eigenvalue weighted by molar-refractivity contribution is -0.146. The van der Waals surface area contributed by atoms with Gasteiger partial charge in [0.25, 0.3) is 0 Å². The molecule has 0 spiro atoms. The maximum atomic E-state index is 12.6. The van der Waals surface area contributed by atoms with Crippen LogP contribution in [-0.2, 0) is 25.3 Å². The van der Waals surface area contributed by atoms with E-state index >= 15 is 0 Å². The van der Waals surface area contributed by atoms with Crippen LogP contribution in [0.15, 0.2) is 23.1 Å². The lowest BCUT2D eigenvalue weighted by Gasteiger charge is -2.31. The lowest BCUT2D eigenvalue weighted by atomic mass is 9.93. The van der Waals surface area contributed by atoms with Gasteiger partial charge in [0, 0.05) is 12.2 Å². The molecule has 144 valence electrons. The first-order chi connectivity index (χ1) is 12.0. The summed E-state index contributed by atoms with van der Waals surface area (Å²) < 4.78 is 31.7. The van der Waals surface area contributed by atoms with Crippen LogP contribution in [0.1, 0.15) is 38.8 Å².